The van der Waals surface area contributed by atoms with Gasteiger partial charge in [-0.3, -0.25) is 0 Å². The summed E-state index contributed by atoms with van der Waals surface area (Å²) in [5.74, 6) is 0.912. The van der Waals surface area contributed by atoms with E-state index in [1.165, 1.54) is 0 Å². The highest BCUT2D eigenvalue weighted by molar-refractivity contribution is 5.34. The van der Waals surface area contributed by atoms with Crippen LogP contribution in [0.2, 0.25) is 0 Å². The highest BCUT2D eigenvalue weighted by Gasteiger charge is 2.15. The fourth-order valence-electron chi connectivity index (χ4n) is 1.88. The van der Waals surface area contributed by atoms with Gasteiger partial charge in [-0.1, -0.05) is 6.07 Å². The largest absolute Gasteiger partial charge is 0.376 e. The van der Waals surface area contributed by atoms with E-state index in [-0.39, 0.29) is 0 Å². The molecule has 1 atom stereocenters. The van der Waals surface area contributed by atoms with E-state index in [1.807, 2.05) is 18.3 Å². The molecule has 0 aliphatic carbocycles. The number of hydrogen-bond donors (Lipinski definition) is 1. The molecule has 1 fully saturated rings. The molecule has 0 bridgehead atoms. The van der Waals surface area contributed by atoms with Crippen molar-refractivity contribution in [2.45, 2.75) is 32.5 Å². The van der Waals surface area contributed by atoms with Crippen LogP contribution < -0.4 is 5.32 Å². The summed E-state index contributed by atoms with van der Waals surface area (Å²) in [6.45, 7) is 5.13. The molecule has 17 heavy (non-hydrogen) atoms. The van der Waals surface area contributed by atoms with E-state index in [4.69, 9.17) is 9.47 Å². The zero-order chi connectivity index (χ0) is 11.9. The number of hydrogen-bond acceptors (Lipinski definition) is 4. The van der Waals surface area contributed by atoms with Crippen molar-refractivity contribution >= 4 is 5.82 Å². The second-order valence-corrected chi connectivity index (χ2v) is 4.23. The van der Waals surface area contributed by atoms with Crippen LogP contribution in [-0.2, 0) is 16.1 Å². The lowest BCUT2D eigenvalue weighted by Gasteiger charge is -2.10. The van der Waals surface area contributed by atoms with Gasteiger partial charge >= 0.3 is 0 Å². The van der Waals surface area contributed by atoms with Crippen molar-refractivity contribution in [1.82, 2.24) is 4.98 Å². The van der Waals surface area contributed by atoms with Gasteiger partial charge in [0.2, 0.25) is 0 Å². The Morgan fingerprint density at radius 1 is 1.53 bits per heavy atom. The summed E-state index contributed by atoms with van der Waals surface area (Å²) in [5.41, 5.74) is 1.10. The van der Waals surface area contributed by atoms with E-state index in [2.05, 4.69) is 17.2 Å². The molecule has 0 radical (unpaired) electrons. The zero-order valence-corrected chi connectivity index (χ0v) is 10.3. The quantitative estimate of drug-likeness (QED) is 0.822. The Bertz CT molecular complexity index is 321. The van der Waals surface area contributed by atoms with E-state index in [9.17, 15) is 0 Å². The topological polar surface area (TPSA) is 43.4 Å². The first kappa shape index (κ1) is 12.3. The Hall–Kier alpha value is -1.13. The van der Waals surface area contributed by atoms with Crippen molar-refractivity contribution in [2.75, 3.05) is 25.1 Å². The molecule has 1 saturated heterocycles. The third kappa shape index (κ3) is 3.98. The Kier molecular flexibility index (Phi) is 4.76. The minimum atomic E-state index is 0.295. The fraction of sp³-hybridized carbons (Fsp3) is 0.615. The van der Waals surface area contributed by atoms with Crippen molar-refractivity contribution in [3.8, 4) is 0 Å². The molecule has 0 aromatic carbocycles. The van der Waals surface area contributed by atoms with Crippen LogP contribution in [0.4, 0.5) is 5.82 Å². The molecule has 94 valence electrons. The second-order valence-electron chi connectivity index (χ2n) is 4.23. The van der Waals surface area contributed by atoms with Crippen molar-refractivity contribution < 1.29 is 9.47 Å². The predicted molar refractivity (Wildman–Crippen MR) is 67.0 cm³/mol. The van der Waals surface area contributed by atoms with Gasteiger partial charge in [0.1, 0.15) is 5.82 Å². The summed E-state index contributed by atoms with van der Waals surface area (Å²) in [5, 5.41) is 3.16. The number of ether oxygens (including phenoxy) is 2. The van der Waals surface area contributed by atoms with Crippen LogP contribution in [0.25, 0.3) is 0 Å². The average molecular weight is 236 g/mol. The maximum absolute atomic E-state index is 5.62. The fourth-order valence-corrected chi connectivity index (χ4v) is 1.88. The van der Waals surface area contributed by atoms with Crippen molar-refractivity contribution in [2.24, 2.45) is 0 Å². The minimum absolute atomic E-state index is 0.295. The van der Waals surface area contributed by atoms with Gasteiger partial charge in [0, 0.05) is 19.3 Å². The molecule has 4 heteroatoms. The molecule has 1 aliphatic rings. The highest BCUT2D eigenvalue weighted by atomic mass is 16.5. The number of nitrogens with one attached hydrogen (secondary N) is 1. The van der Waals surface area contributed by atoms with Gasteiger partial charge < -0.3 is 14.8 Å². The molecular formula is C13H20N2O2. The zero-order valence-electron chi connectivity index (χ0n) is 10.3. The molecule has 1 N–H and O–H groups in total. The third-order valence-electron chi connectivity index (χ3n) is 2.78. The van der Waals surface area contributed by atoms with Gasteiger partial charge in [-0.2, -0.15) is 0 Å². The van der Waals surface area contributed by atoms with Crippen molar-refractivity contribution in [1.29, 1.82) is 0 Å². The molecule has 1 unspecified atom stereocenters. The standard InChI is InChI=1S/C13H20N2O2/c1-2-14-13-6-5-11(8-15-13)9-16-10-12-4-3-7-17-12/h5-6,8,12H,2-4,7,9-10H2,1H3,(H,14,15). The Morgan fingerprint density at radius 3 is 3.12 bits per heavy atom. The first-order valence-corrected chi connectivity index (χ1v) is 6.26. The first-order valence-electron chi connectivity index (χ1n) is 6.26. The van der Waals surface area contributed by atoms with Crippen LogP contribution in [0.15, 0.2) is 18.3 Å². The van der Waals surface area contributed by atoms with Crippen molar-refractivity contribution in [3.63, 3.8) is 0 Å². The van der Waals surface area contributed by atoms with Crippen LogP contribution in [0, 0.1) is 0 Å². The van der Waals surface area contributed by atoms with E-state index in [1.54, 1.807) is 0 Å². The molecule has 2 heterocycles. The molecule has 0 spiro atoms. The minimum Gasteiger partial charge on any atom is -0.376 e. The monoisotopic (exact) mass is 236 g/mol. The van der Waals surface area contributed by atoms with Crippen LogP contribution in [0.1, 0.15) is 25.3 Å². The Morgan fingerprint density at radius 2 is 2.47 bits per heavy atom. The Labute approximate surface area is 102 Å². The normalized spacial score (nSPS) is 19.5. The second kappa shape index (κ2) is 6.57. The highest BCUT2D eigenvalue weighted by Crippen LogP contribution is 2.13. The van der Waals surface area contributed by atoms with Gasteiger partial charge in [0.25, 0.3) is 0 Å². The molecule has 0 amide bonds. The SMILES string of the molecule is CCNc1ccc(COCC2CCCO2)cn1. The Balaban J connectivity index is 1.70. The summed E-state index contributed by atoms with van der Waals surface area (Å²) in [7, 11) is 0. The van der Waals surface area contributed by atoms with Gasteiger partial charge in [-0.25, -0.2) is 4.98 Å². The van der Waals surface area contributed by atoms with Gasteiger partial charge in [-0.05, 0) is 31.4 Å². The summed E-state index contributed by atoms with van der Waals surface area (Å²) < 4.78 is 11.1. The van der Waals surface area contributed by atoms with E-state index in [0.29, 0.717) is 19.3 Å². The molecule has 1 aromatic heterocycles. The van der Waals surface area contributed by atoms with Gasteiger partial charge in [0.05, 0.1) is 19.3 Å². The summed E-state index contributed by atoms with van der Waals surface area (Å²) >= 11 is 0. The van der Waals surface area contributed by atoms with Crippen LogP contribution >= 0.6 is 0 Å². The molecule has 4 nitrogen and oxygen atoms in total. The maximum atomic E-state index is 5.62. The lowest BCUT2D eigenvalue weighted by atomic mass is 10.2. The van der Waals surface area contributed by atoms with E-state index < -0.39 is 0 Å². The number of anilines is 1. The molecular weight excluding hydrogens is 216 g/mol. The van der Waals surface area contributed by atoms with Crippen molar-refractivity contribution in [3.05, 3.63) is 23.9 Å². The van der Waals surface area contributed by atoms with Crippen LogP contribution in [0.5, 0.6) is 0 Å². The smallest absolute Gasteiger partial charge is 0.125 e. The van der Waals surface area contributed by atoms with Crippen LogP contribution in [-0.4, -0.2) is 30.8 Å². The van der Waals surface area contributed by atoms with Gasteiger partial charge in [-0.15, -0.1) is 0 Å². The number of rotatable bonds is 6. The average Bonchev–Trinajstić information content (AvgIpc) is 2.85. The lowest BCUT2D eigenvalue weighted by Crippen LogP contribution is -2.13. The summed E-state index contributed by atoms with van der Waals surface area (Å²) in [4.78, 5) is 4.30. The van der Waals surface area contributed by atoms with Gasteiger partial charge in [0.15, 0.2) is 0 Å². The molecule has 1 aliphatic heterocycles. The molecule has 2 rings (SSSR count). The maximum Gasteiger partial charge on any atom is 0.125 e. The van der Waals surface area contributed by atoms with E-state index in [0.717, 1.165) is 37.4 Å². The predicted octanol–water partition coefficient (Wildman–Crippen LogP) is 2.21. The van der Waals surface area contributed by atoms with E-state index >= 15 is 0 Å². The molecule has 0 saturated carbocycles. The molecule has 1 aromatic rings. The number of nitrogens with zero attached hydrogens (tertiary/aromatic N) is 1. The number of pyridine rings is 1. The third-order valence-corrected chi connectivity index (χ3v) is 2.78. The number of aromatic nitrogens is 1. The summed E-state index contributed by atoms with van der Waals surface area (Å²) in [6.07, 6.45) is 4.43. The summed E-state index contributed by atoms with van der Waals surface area (Å²) in [6, 6.07) is 4.02. The van der Waals surface area contributed by atoms with Crippen LogP contribution in [0.3, 0.4) is 0 Å². The lowest BCUT2D eigenvalue weighted by molar-refractivity contribution is 0.0105. The first-order chi connectivity index (χ1) is 8.38.